The van der Waals surface area contributed by atoms with E-state index < -0.39 is 51.0 Å². The Hall–Kier alpha value is -2.96. The Bertz CT molecular complexity index is 1060. The van der Waals surface area contributed by atoms with Gasteiger partial charge in [0.05, 0.1) is 23.2 Å². The molecule has 0 radical (unpaired) electrons. The van der Waals surface area contributed by atoms with Crippen molar-refractivity contribution >= 4 is 33.2 Å². The van der Waals surface area contributed by atoms with Crippen LogP contribution in [0.25, 0.3) is 0 Å². The van der Waals surface area contributed by atoms with Gasteiger partial charge in [0, 0.05) is 5.69 Å². The van der Waals surface area contributed by atoms with Crippen LogP contribution in [0, 0.1) is 17.5 Å². The fourth-order valence-electron chi connectivity index (χ4n) is 2.35. The highest BCUT2D eigenvalue weighted by Gasteiger charge is 2.22. The molecule has 0 saturated carbocycles. The quantitative estimate of drug-likeness (QED) is 0.561. The standard InChI is InChI=1S/C18H19F3N4O4S/c1-10(18(27)23-11-3-5-12(6-4-11)30(22,28)29)25(2)9-15(26)24-14-8-7-13(19)16(20)17(14)21/h3-8,10H,9H2,1-2H3,(H,23,27)(H,24,26)(H2,22,28,29)/t10-/m0/s1. The molecule has 0 saturated heterocycles. The van der Waals surface area contributed by atoms with E-state index in [0.717, 1.165) is 6.07 Å². The van der Waals surface area contributed by atoms with Gasteiger partial charge in [-0.2, -0.15) is 0 Å². The van der Waals surface area contributed by atoms with E-state index in [1.165, 1.54) is 43.1 Å². The molecule has 0 heterocycles. The summed E-state index contributed by atoms with van der Waals surface area (Å²) in [4.78, 5) is 25.6. The fraction of sp³-hybridized carbons (Fsp3) is 0.222. The zero-order chi connectivity index (χ0) is 22.6. The first-order valence-corrected chi connectivity index (χ1v) is 10.0. The molecule has 0 aromatic heterocycles. The third-order valence-electron chi connectivity index (χ3n) is 4.19. The molecule has 4 N–H and O–H groups in total. The summed E-state index contributed by atoms with van der Waals surface area (Å²) in [6, 6.07) is 5.89. The van der Waals surface area contributed by atoms with Crippen LogP contribution in [0.15, 0.2) is 41.3 Å². The Kier molecular flexibility index (Phi) is 7.18. The minimum absolute atomic E-state index is 0.119. The van der Waals surface area contributed by atoms with E-state index in [9.17, 15) is 31.2 Å². The Balaban J connectivity index is 1.96. The number of likely N-dealkylation sites (N-methyl/N-ethyl adjacent to an activating group) is 1. The van der Waals surface area contributed by atoms with Gasteiger partial charge < -0.3 is 10.6 Å². The van der Waals surface area contributed by atoms with Gasteiger partial charge in [-0.25, -0.2) is 26.7 Å². The molecule has 0 aliphatic heterocycles. The number of nitrogens with one attached hydrogen (secondary N) is 2. The normalized spacial score (nSPS) is 12.5. The highest BCUT2D eigenvalue weighted by molar-refractivity contribution is 7.89. The van der Waals surface area contributed by atoms with Crippen molar-refractivity contribution in [1.82, 2.24) is 4.90 Å². The van der Waals surface area contributed by atoms with Gasteiger partial charge in [0.2, 0.25) is 21.8 Å². The van der Waals surface area contributed by atoms with Crippen LogP contribution in [-0.4, -0.2) is 44.8 Å². The first-order chi connectivity index (χ1) is 13.9. The fourth-order valence-corrected chi connectivity index (χ4v) is 2.87. The van der Waals surface area contributed by atoms with Crippen LogP contribution in [0.5, 0.6) is 0 Å². The summed E-state index contributed by atoms with van der Waals surface area (Å²) in [7, 11) is -2.41. The number of anilines is 2. The third-order valence-corrected chi connectivity index (χ3v) is 5.12. The SMILES string of the molecule is C[C@@H](C(=O)Nc1ccc(S(N)(=O)=O)cc1)N(C)CC(=O)Nc1ccc(F)c(F)c1F. The zero-order valence-electron chi connectivity index (χ0n) is 15.9. The van der Waals surface area contributed by atoms with Gasteiger partial charge in [-0.05, 0) is 50.4 Å². The van der Waals surface area contributed by atoms with Crippen molar-refractivity contribution in [3.8, 4) is 0 Å². The number of carbonyl (C=O) groups is 2. The summed E-state index contributed by atoms with van der Waals surface area (Å²) in [5, 5.41) is 9.66. The molecule has 0 aliphatic rings. The monoisotopic (exact) mass is 444 g/mol. The maximum Gasteiger partial charge on any atom is 0.241 e. The Morgan fingerprint density at radius 1 is 1.03 bits per heavy atom. The topological polar surface area (TPSA) is 122 Å². The molecule has 12 heteroatoms. The van der Waals surface area contributed by atoms with Gasteiger partial charge in [-0.1, -0.05) is 0 Å². The van der Waals surface area contributed by atoms with E-state index >= 15 is 0 Å². The Morgan fingerprint density at radius 2 is 1.63 bits per heavy atom. The van der Waals surface area contributed by atoms with Crippen molar-refractivity contribution in [2.75, 3.05) is 24.2 Å². The van der Waals surface area contributed by atoms with Crippen LogP contribution in [0.1, 0.15) is 6.92 Å². The van der Waals surface area contributed by atoms with E-state index in [1.54, 1.807) is 0 Å². The average Bonchev–Trinajstić information content (AvgIpc) is 2.67. The number of rotatable bonds is 7. The Morgan fingerprint density at radius 3 is 2.20 bits per heavy atom. The molecule has 0 spiro atoms. The number of hydrogen-bond acceptors (Lipinski definition) is 5. The molecule has 2 aromatic carbocycles. The van der Waals surface area contributed by atoms with Crippen molar-refractivity contribution in [2.45, 2.75) is 17.9 Å². The van der Waals surface area contributed by atoms with Gasteiger partial charge in [-0.15, -0.1) is 0 Å². The molecular weight excluding hydrogens is 425 g/mol. The number of hydrogen-bond donors (Lipinski definition) is 3. The number of benzene rings is 2. The number of halogens is 3. The van der Waals surface area contributed by atoms with Crippen LogP contribution in [0.3, 0.4) is 0 Å². The lowest BCUT2D eigenvalue weighted by molar-refractivity contribution is -0.122. The molecule has 0 bridgehead atoms. The second-order valence-corrected chi connectivity index (χ2v) is 7.98. The van der Waals surface area contributed by atoms with Gasteiger partial charge in [0.15, 0.2) is 17.5 Å². The van der Waals surface area contributed by atoms with Crippen LogP contribution in [0.4, 0.5) is 24.5 Å². The second kappa shape index (κ2) is 9.24. The molecule has 1 atom stereocenters. The predicted octanol–water partition coefficient (Wildman–Crippen LogP) is 1.65. The van der Waals surface area contributed by atoms with E-state index in [4.69, 9.17) is 5.14 Å². The summed E-state index contributed by atoms with van der Waals surface area (Å²) in [5.41, 5.74) is -0.222. The maximum absolute atomic E-state index is 13.6. The molecule has 0 aliphatic carbocycles. The molecule has 2 aromatic rings. The Labute approximate surface area is 170 Å². The van der Waals surface area contributed by atoms with Crippen molar-refractivity contribution in [2.24, 2.45) is 5.14 Å². The molecule has 2 amide bonds. The lowest BCUT2D eigenvalue weighted by Crippen LogP contribution is -2.43. The lowest BCUT2D eigenvalue weighted by Gasteiger charge is -2.23. The number of nitrogens with zero attached hydrogens (tertiary/aromatic N) is 1. The summed E-state index contributed by atoms with van der Waals surface area (Å²) in [6.45, 7) is 1.15. The summed E-state index contributed by atoms with van der Waals surface area (Å²) in [6.07, 6.45) is 0. The molecule has 2 rings (SSSR count). The zero-order valence-corrected chi connectivity index (χ0v) is 16.8. The van der Waals surface area contributed by atoms with Crippen molar-refractivity contribution in [3.63, 3.8) is 0 Å². The van der Waals surface area contributed by atoms with Gasteiger partial charge in [0.1, 0.15) is 0 Å². The molecule has 162 valence electrons. The van der Waals surface area contributed by atoms with E-state index in [2.05, 4.69) is 10.6 Å². The predicted molar refractivity (Wildman–Crippen MR) is 103 cm³/mol. The molecule has 30 heavy (non-hydrogen) atoms. The average molecular weight is 444 g/mol. The number of carbonyl (C=O) groups excluding carboxylic acids is 2. The van der Waals surface area contributed by atoms with Crippen LogP contribution in [-0.2, 0) is 19.6 Å². The lowest BCUT2D eigenvalue weighted by atomic mass is 10.2. The first kappa shape index (κ1) is 23.3. The number of primary sulfonamides is 1. The van der Waals surface area contributed by atoms with Crippen molar-refractivity contribution in [3.05, 3.63) is 53.8 Å². The summed E-state index contributed by atoms with van der Waals surface area (Å²) >= 11 is 0. The highest BCUT2D eigenvalue weighted by Crippen LogP contribution is 2.19. The maximum atomic E-state index is 13.6. The van der Waals surface area contributed by atoms with E-state index in [0.29, 0.717) is 11.8 Å². The largest absolute Gasteiger partial charge is 0.325 e. The van der Waals surface area contributed by atoms with Crippen LogP contribution in [0.2, 0.25) is 0 Å². The molecule has 8 nitrogen and oxygen atoms in total. The summed E-state index contributed by atoms with van der Waals surface area (Å²) in [5.74, 6) is -5.88. The van der Waals surface area contributed by atoms with Crippen LogP contribution < -0.4 is 15.8 Å². The minimum Gasteiger partial charge on any atom is -0.325 e. The smallest absolute Gasteiger partial charge is 0.241 e. The minimum atomic E-state index is -3.86. The van der Waals surface area contributed by atoms with Gasteiger partial charge in [0.25, 0.3) is 0 Å². The van der Waals surface area contributed by atoms with E-state index in [1.807, 2.05) is 0 Å². The molecule has 0 unspecified atom stereocenters. The summed E-state index contributed by atoms with van der Waals surface area (Å²) < 4.78 is 62.3. The first-order valence-electron chi connectivity index (χ1n) is 8.47. The number of sulfonamides is 1. The number of amides is 2. The van der Waals surface area contributed by atoms with Gasteiger partial charge in [-0.3, -0.25) is 14.5 Å². The second-order valence-electron chi connectivity index (χ2n) is 6.42. The van der Waals surface area contributed by atoms with E-state index in [-0.39, 0.29) is 11.4 Å². The van der Waals surface area contributed by atoms with Crippen molar-refractivity contribution < 1.29 is 31.2 Å². The number of nitrogens with two attached hydrogens (primary N) is 1. The van der Waals surface area contributed by atoms with Crippen LogP contribution >= 0.6 is 0 Å². The molecular formula is C18H19F3N4O4S. The third kappa shape index (κ3) is 5.78. The van der Waals surface area contributed by atoms with Gasteiger partial charge >= 0.3 is 0 Å². The van der Waals surface area contributed by atoms with Crippen molar-refractivity contribution in [1.29, 1.82) is 0 Å². The molecule has 0 fully saturated rings. The highest BCUT2D eigenvalue weighted by atomic mass is 32.2.